The van der Waals surface area contributed by atoms with Gasteiger partial charge in [-0.15, -0.1) is 11.8 Å². The van der Waals surface area contributed by atoms with Gasteiger partial charge >= 0.3 is 5.69 Å². The van der Waals surface area contributed by atoms with Crippen molar-refractivity contribution in [3.63, 3.8) is 0 Å². The molecule has 4 heterocycles. The molecule has 0 radical (unpaired) electrons. The van der Waals surface area contributed by atoms with E-state index in [4.69, 9.17) is 16.0 Å². The van der Waals surface area contributed by atoms with Gasteiger partial charge in [-0.1, -0.05) is 0 Å². The Balaban J connectivity index is 1.97. The van der Waals surface area contributed by atoms with Gasteiger partial charge in [0, 0.05) is 38.0 Å². The maximum absolute atomic E-state index is 14.1. The molecule has 5 rings (SSSR count). The van der Waals surface area contributed by atoms with E-state index in [2.05, 4.69) is 0 Å². The molecule has 0 aliphatic carbocycles. The van der Waals surface area contributed by atoms with Crippen LogP contribution in [0.1, 0.15) is 16.7 Å². The summed E-state index contributed by atoms with van der Waals surface area (Å²) in [6.45, 7) is 0.491. The lowest BCUT2D eigenvalue weighted by atomic mass is 10.1. The molecular weight excluding hydrogens is 448 g/mol. The molecule has 4 aromatic rings. The highest BCUT2D eigenvalue weighted by atomic mass is 35.5. The third-order valence-corrected chi connectivity index (χ3v) is 6.95. The van der Waals surface area contributed by atoms with E-state index in [0.29, 0.717) is 35.0 Å². The highest BCUT2D eigenvalue weighted by Gasteiger charge is 2.34. The predicted molar refractivity (Wildman–Crippen MR) is 116 cm³/mol. The number of fused-ring (bicyclic) bond motifs is 3. The van der Waals surface area contributed by atoms with Crippen molar-refractivity contribution in [3.05, 3.63) is 79.5 Å². The van der Waals surface area contributed by atoms with Crippen molar-refractivity contribution in [2.24, 2.45) is 14.1 Å². The van der Waals surface area contributed by atoms with Crippen LogP contribution in [0.5, 0.6) is 0 Å². The molecule has 3 aromatic heterocycles. The molecule has 160 valence electrons. The van der Waals surface area contributed by atoms with Crippen LogP contribution in [-0.4, -0.2) is 19.5 Å². The van der Waals surface area contributed by atoms with Gasteiger partial charge in [0.15, 0.2) is 5.22 Å². The van der Waals surface area contributed by atoms with E-state index in [1.807, 2.05) is 4.57 Å². The number of aryl methyl sites for hydroxylation is 1. The quantitative estimate of drug-likeness (QED) is 0.449. The molecule has 0 saturated heterocycles. The average molecular weight is 464 g/mol. The fourth-order valence-electron chi connectivity index (χ4n) is 4.26. The van der Waals surface area contributed by atoms with E-state index < -0.39 is 22.9 Å². The minimum absolute atomic E-state index is 0.223. The number of benzene rings is 1. The van der Waals surface area contributed by atoms with Crippen LogP contribution in [0.15, 0.2) is 44.3 Å². The second-order valence-corrected chi connectivity index (χ2v) is 8.95. The molecule has 6 nitrogen and oxygen atoms in total. The topological polar surface area (TPSA) is 62.1 Å². The van der Waals surface area contributed by atoms with Crippen LogP contribution in [0.25, 0.3) is 22.2 Å². The fraction of sp³-hybridized carbons (Fsp3) is 0.238. The molecule has 10 heteroatoms. The number of rotatable bonds is 2. The lowest BCUT2D eigenvalue weighted by molar-refractivity contribution is 0.511. The Morgan fingerprint density at radius 2 is 1.81 bits per heavy atom. The summed E-state index contributed by atoms with van der Waals surface area (Å²) in [4.78, 5) is 26.0. The van der Waals surface area contributed by atoms with Crippen molar-refractivity contribution in [2.75, 3.05) is 5.75 Å². The Hall–Kier alpha value is -2.78. The van der Waals surface area contributed by atoms with Gasteiger partial charge in [0.2, 0.25) is 0 Å². The van der Waals surface area contributed by atoms with Crippen LogP contribution in [0.4, 0.5) is 8.78 Å². The van der Waals surface area contributed by atoms with Gasteiger partial charge in [0.05, 0.1) is 22.3 Å². The monoisotopic (exact) mass is 463 g/mol. The van der Waals surface area contributed by atoms with Gasteiger partial charge < -0.3 is 8.98 Å². The number of thioether (sulfide) groups is 1. The molecule has 31 heavy (non-hydrogen) atoms. The summed E-state index contributed by atoms with van der Waals surface area (Å²) in [6, 6.07) is 6.53. The van der Waals surface area contributed by atoms with Crippen molar-refractivity contribution >= 4 is 34.3 Å². The van der Waals surface area contributed by atoms with E-state index >= 15 is 0 Å². The Kier molecular flexibility index (Phi) is 4.63. The third-order valence-electron chi connectivity index (χ3n) is 5.54. The van der Waals surface area contributed by atoms with Crippen LogP contribution >= 0.6 is 23.4 Å². The van der Waals surface area contributed by atoms with Gasteiger partial charge in [0.25, 0.3) is 5.56 Å². The molecule has 0 fully saturated rings. The first-order valence-electron chi connectivity index (χ1n) is 9.43. The Bertz CT molecular complexity index is 1460. The summed E-state index contributed by atoms with van der Waals surface area (Å²) in [6.07, 6.45) is 0. The number of hydrogen-bond donors (Lipinski definition) is 0. The predicted octanol–water partition coefficient (Wildman–Crippen LogP) is 4.07. The van der Waals surface area contributed by atoms with E-state index in [9.17, 15) is 18.4 Å². The summed E-state index contributed by atoms with van der Waals surface area (Å²) >= 11 is 7.57. The number of hydrogen-bond acceptors (Lipinski definition) is 4. The van der Waals surface area contributed by atoms with Crippen LogP contribution < -0.4 is 11.2 Å². The van der Waals surface area contributed by atoms with Crippen molar-refractivity contribution < 1.29 is 13.2 Å². The second kappa shape index (κ2) is 7.13. The first-order chi connectivity index (χ1) is 14.8. The summed E-state index contributed by atoms with van der Waals surface area (Å²) in [5.41, 5.74) is 0.664. The first-order valence-corrected chi connectivity index (χ1v) is 10.9. The average Bonchev–Trinajstić information content (AvgIpc) is 3.31. The summed E-state index contributed by atoms with van der Waals surface area (Å²) in [5, 5.41) is 0.101. The summed E-state index contributed by atoms with van der Waals surface area (Å²) in [7, 11) is 2.96. The zero-order valence-electron chi connectivity index (χ0n) is 16.5. The van der Waals surface area contributed by atoms with E-state index in [1.54, 1.807) is 30.9 Å². The van der Waals surface area contributed by atoms with Crippen molar-refractivity contribution in [1.29, 1.82) is 0 Å². The van der Waals surface area contributed by atoms with Gasteiger partial charge in [0.1, 0.15) is 22.6 Å². The van der Waals surface area contributed by atoms with Crippen molar-refractivity contribution in [3.8, 4) is 11.3 Å². The molecule has 0 N–H and O–H groups in total. The minimum atomic E-state index is -0.750. The van der Waals surface area contributed by atoms with Gasteiger partial charge in [-0.2, -0.15) is 0 Å². The molecule has 0 spiro atoms. The zero-order valence-corrected chi connectivity index (χ0v) is 18.1. The van der Waals surface area contributed by atoms with Crippen LogP contribution in [0.2, 0.25) is 5.22 Å². The van der Waals surface area contributed by atoms with Gasteiger partial charge in [-0.05, 0) is 35.9 Å². The largest absolute Gasteiger partial charge is 0.448 e. The normalized spacial score (nSPS) is 16.1. The van der Waals surface area contributed by atoms with Crippen LogP contribution in [0, 0.1) is 11.6 Å². The Morgan fingerprint density at radius 3 is 2.45 bits per heavy atom. The molecular formula is C21H16ClF2N3O3S. The zero-order chi connectivity index (χ0) is 22.0. The molecule has 1 aliphatic heterocycles. The molecule has 1 aliphatic rings. The van der Waals surface area contributed by atoms with Crippen LogP contribution in [-0.2, 0) is 20.6 Å². The van der Waals surface area contributed by atoms with E-state index in [1.165, 1.54) is 23.7 Å². The lowest BCUT2D eigenvalue weighted by Gasteiger charge is -2.25. The smallest absolute Gasteiger partial charge is 0.331 e. The molecule has 0 bridgehead atoms. The first kappa shape index (κ1) is 20.1. The molecule has 1 unspecified atom stereocenters. The maximum atomic E-state index is 14.1. The number of aromatic nitrogens is 3. The number of furan rings is 1. The molecule has 0 saturated carbocycles. The van der Waals surface area contributed by atoms with Gasteiger partial charge in [-0.3, -0.25) is 13.9 Å². The van der Waals surface area contributed by atoms with Crippen LogP contribution in [0.3, 0.4) is 0 Å². The van der Waals surface area contributed by atoms with Crippen molar-refractivity contribution in [1.82, 2.24) is 13.7 Å². The SMILES string of the molecule is Cn1c(=O)c2c(-c3cc(F)cc(F)c3)n3c(c2n(C)c1=O)C(c1ccc(Cl)o1)SCC3. The van der Waals surface area contributed by atoms with Crippen molar-refractivity contribution in [2.45, 2.75) is 11.8 Å². The second-order valence-electron chi connectivity index (χ2n) is 7.37. The molecule has 1 atom stereocenters. The number of nitrogens with zero attached hydrogens (tertiary/aromatic N) is 3. The fourth-order valence-corrected chi connectivity index (χ4v) is 5.62. The van der Waals surface area contributed by atoms with Gasteiger partial charge in [-0.25, -0.2) is 13.6 Å². The Labute approximate surface area is 183 Å². The lowest BCUT2D eigenvalue weighted by Crippen LogP contribution is -2.37. The Morgan fingerprint density at radius 1 is 1.10 bits per heavy atom. The summed E-state index contributed by atoms with van der Waals surface area (Å²) in [5.74, 6) is -0.268. The highest BCUT2D eigenvalue weighted by Crippen LogP contribution is 2.46. The third kappa shape index (κ3) is 2.98. The minimum Gasteiger partial charge on any atom is -0.448 e. The summed E-state index contributed by atoms with van der Waals surface area (Å²) < 4.78 is 38.1. The van der Waals surface area contributed by atoms with E-state index in [0.717, 1.165) is 10.6 Å². The van der Waals surface area contributed by atoms with E-state index in [-0.39, 0.29) is 21.4 Å². The molecule has 1 aromatic carbocycles. The maximum Gasteiger partial charge on any atom is 0.331 e. The standard InChI is InChI=1S/C21H16ClF2N3O3S/c1-25-17-15(20(28)26(2)21(25)29)16(10-7-11(23)9-12(24)8-10)27-5-6-31-19(18(17)27)13-3-4-14(22)30-13/h3-4,7-9,19H,5-6H2,1-2H3. The number of halogens is 3. The highest BCUT2D eigenvalue weighted by molar-refractivity contribution is 7.99. The molecule has 0 amide bonds.